The fourth-order valence-electron chi connectivity index (χ4n) is 2.75. The summed E-state index contributed by atoms with van der Waals surface area (Å²) in [7, 11) is 1.71. The van der Waals surface area contributed by atoms with Crippen LogP contribution >= 0.6 is 11.3 Å². The molecule has 1 N–H and O–H groups in total. The molecule has 0 aliphatic rings. The number of carbonyl (C=O) groups is 1. The lowest BCUT2D eigenvalue weighted by Gasteiger charge is -2.03. The molecule has 7 heteroatoms. The Kier molecular flexibility index (Phi) is 4.60. The molecule has 0 fully saturated rings. The molecule has 0 saturated heterocycles. The highest BCUT2D eigenvalue weighted by Crippen LogP contribution is 2.26. The molecule has 3 heterocycles. The smallest absolute Gasteiger partial charge is 0.269 e. The predicted octanol–water partition coefficient (Wildman–Crippen LogP) is 4.48. The van der Waals surface area contributed by atoms with E-state index in [1.54, 1.807) is 49.1 Å². The first-order valence-corrected chi connectivity index (χ1v) is 9.16. The van der Waals surface area contributed by atoms with E-state index >= 15 is 0 Å². The van der Waals surface area contributed by atoms with Gasteiger partial charge in [-0.25, -0.2) is 4.39 Å². The van der Waals surface area contributed by atoms with Gasteiger partial charge in [-0.05, 0) is 53.4 Å². The maximum Gasteiger partial charge on any atom is 0.269 e. The van der Waals surface area contributed by atoms with Gasteiger partial charge < -0.3 is 9.73 Å². The maximum atomic E-state index is 13.1. The Labute approximate surface area is 159 Å². The topological polar surface area (TPSA) is 60.1 Å². The van der Waals surface area contributed by atoms with Gasteiger partial charge in [0.2, 0.25) is 0 Å². The minimum Gasteiger partial charge on any atom is -0.472 e. The average Bonchev–Trinajstić information content (AvgIpc) is 3.40. The maximum absolute atomic E-state index is 13.1. The second-order valence-corrected chi connectivity index (χ2v) is 7.04. The molecule has 0 bridgehead atoms. The van der Waals surface area contributed by atoms with E-state index in [0.717, 1.165) is 21.6 Å². The van der Waals surface area contributed by atoms with Crippen LogP contribution in [0.2, 0.25) is 0 Å². The molecule has 0 saturated carbocycles. The van der Waals surface area contributed by atoms with Crippen molar-refractivity contribution < 1.29 is 13.6 Å². The lowest BCUT2D eigenvalue weighted by Crippen LogP contribution is -2.24. The van der Waals surface area contributed by atoms with Gasteiger partial charge in [0.15, 0.2) is 0 Å². The molecule has 0 radical (unpaired) electrons. The number of benzene rings is 1. The molecule has 0 aliphatic carbocycles. The Bertz CT molecular complexity index is 1070. The number of rotatable bonds is 5. The van der Waals surface area contributed by atoms with Crippen molar-refractivity contribution in [2.24, 2.45) is 7.05 Å². The molecular formula is C20H16FN3O2S. The van der Waals surface area contributed by atoms with Crippen LogP contribution in [0.15, 0.2) is 64.8 Å². The normalized spacial score (nSPS) is 10.9. The average molecular weight is 381 g/mol. The van der Waals surface area contributed by atoms with E-state index in [1.165, 1.54) is 16.8 Å². The first-order chi connectivity index (χ1) is 13.1. The highest BCUT2D eigenvalue weighted by atomic mass is 32.1. The van der Waals surface area contributed by atoms with E-state index in [0.29, 0.717) is 17.9 Å². The third kappa shape index (κ3) is 3.68. The van der Waals surface area contributed by atoms with Crippen LogP contribution in [0.3, 0.4) is 0 Å². The molecule has 1 aromatic carbocycles. The van der Waals surface area contributed by atoms with Gasteiger partial charge in [-0.3, -0.25) is 9.48 Å². The Balaban J connectivity index is 1.45. The Morgan fingerprint density at radius 1 is 1.19 bits per heavy atom. The van der Waals surface area contributed by atoms with Crippen molar-refractivity contribution in [2.75, 3.05) is 0 Å². The number of carbonyl (C=O) groups excluding carboxylic acids is 1. The van der Waals surface area contributed by atoms with E-state index in [2.05, 4.69) is 10.4 Å². The minimum absolute atomic E-state index is 0.211. The summed E-state index contributed by atoms with van der Waals surface area (Å²) < 4.78 is 19.7. The molecule has 27 heavy (non-hydrogen) atoms. The van der Waals surface area contributed by atoms with Gasteiger partial charge >= 0.3 is 0 Å². The zero-order valence-corrected chi connectivity index (χ0v) is 15.3. The van der Waals surface area contributed by atoms with Crippen molar-refractivity contribution >= 4 is 17.2 Å². The van der Waals surface area contributed by atoms with Gasteiger partial charge in [-0.15, -0.1) is 11.3 Å². The Morgan fingerprint density at radius 2 is 2.00 bits per heavy atom. The van der Waals surface area contributed by atoms with Gasteiger partial charge in [0.25, 0.3) is 5.91 Å². The van der Waals surface area contributed by atoms with Crippen molar-refractivity contribution in [3.8, 4) is 22.4 Å². The largest absolute Gasteiger partial charge is 0.472 e. The van der Waals surface area contributed by atoms with Crippen molar-refractivity contribution in [1.29, 1.82) is 0 Å². The van der Waals surface area contributed by atoms with Crippen LogP contribution in [0, 0.1) is 5.82 Å². The number of nitrogens with zero attached hydrogens (tertiary/aromatic N) is 2. The molecule has 4 rings (SSSR count). The van der Waals surface area contributed by atoms with Crippen LogP contribution < -0.4 is 5.32 Å². The van der Waals surface area contributed by atoms with Crippen LogP contribution in [-0.2, 0) is 13.6 Å². The van der Waals surface area contributed by atoms with Gasteiger partial charge in [-0.2, -0.15) is 5.10 Å². The van der Waals surface area contributed by atoms with Crippen LogP contribution in [-0.4, -0.2) is 15.7 Å². The zero-order chi connectivity index (χ0) is 18.8. The quantitative estimate of drug-likeness (QED) is 0.555. The third-order valence-electron chi connectivity index (χ3n) is 4.18. The van der Waals surface area contributed by atoms with Gasteiger partial charge in [0, 0.05) is 23.1 Å². The highest BCUT2D eigenvalue weighted by molar-refractivity contribution is 7.10. The Hall–Kier alpha value is -3.19. The molecule has 0 aliphatic heterocycles. The predicted molar refractivity (Wildman–Crippen MR) is 102 cm³/mol. The van der Waals surface area contributed by atoms with E-state index in [1.807, 2.05) is 17.5 Å². The molecule has 136 valence electrons. The molecule has 5 nitrogen and oxygen atoms in total. The molecule has 0 unspecified atom stereocenters. The van der Waals surface area contributed by atoms with Gasteiger partial charge in [0.1, 0.15) is 11.5 Å². The number of halogens is 1. The molecule has 3 aromatic heterocycles. The van der Waals surface area contributed by atoms with Crippen LogP contribution in [0.4, 0.5) is 4.39 Å². The summed E-state index contributed by atoms with van der Waals surface area (Å²) in [5, 5.41) is 9.30. The summed E-state index contributed by atoms with van der Waals surface area (Å²) in [4.78, 5) is 13.6. The third-order valence-corrected chi connectivity index (χ3v) is 5.12. The van der Waals surface area contributed by atoms with Crippen LogP contribution in [0.1, 0.15) is 15.4 Å². The molecule has 0 spiro atoms. The summed E-state index contributed by atoms with van der Waals surface area (Å²) >= 11 is 1.58. The number of hydrogen-bond donors (Lipinski definition) is 1. The van der Waals surface area contributed by atoms with Crippen LogP contribution in [0.5, 0.6) is 0 Å². The molecule has 1 amide bonds. The summed E-state index contributed by atoms with van der Waals surface area (Å²) in [5.74, 6) is -0.519. The molecular weight excluding hydrogens is 365 g/mol. The lowest BCUT2D eigenvalue weighted by atomic mass is 10.1. The SMILES string of the molecule is Cn1nc(-c2ccc(F)cc2)cc1C(=O)NCc1cc(-c2ccoc2)cs1. The Morgan fingerprint density at radius 3 is 2.74 bits per heavy atom. The number of hydrogen-bond acceptors (Lipinski definition) is 4. The summed E-state index contributed by atoms with van der Waals surface area (Å²) in [6, 6.07) is 11.7. The number of aromatic nitrogens is 2. The fraction of sp³-hybridized carbons (Fsp3) is 0.100. The van der Waals surface area contributed by atoms with Crippen molar-refractivity contribution in [1.82, 2.24) is 15.1 Å². The second-order valence-electron chi connectivity index (χ2n) is 6.04. The van der Waals surface area contributed by atoms with Gasteiger partial charge in [-0.1, -0.05) is 0 Å². The van der Waals surface area contributed by atoms with Crippen molar-refractivity contribution in [2.45, 2.75) is 6.54 Å². The zero-order valence-electron chi connectivity index (χ0n) is 14.5. The minimum atomic E-state index is -0.307. The summed E-state index contributed by atoms with van der Waals surface area (Å²) in [6.45, 7) is 0.429. The number of amides is 1. The summed E-state index contributed by atoms with van der Waals surface area (Å²) in [6.07, 6.45) is 3.33. The molecule has 4 aromatic rings. The number of aryl methyl sites for hydroxylation is 1. The van der Waals surface area contributed by atoms with E-state index < -0.39 is 0 Å². The number of furan rings is 1. The van der Waals surface area contributed by atoms with E-state index in [-0.39, 0.29) is 11.7 Å². The fourth-order valence-corrected chi connectivity index (χ4v) is 3.59. The first-order valence-electron chi connectivity index (χ1n) is 8.28. The van der Waals surface area contributed by atoms with Crippen molar-refractivity contribution in [3.05, 3.63) is 76.8 Å². The van der Waals surface area contributed by atoms with Crippen molar-refractivity contribution in [3.63, 3.8) is 0 Å². The monoisotopic (exact) mass is 381 g/mol. The second kappa shape index (κ2) is 7.20. The van der Waals surface area contributed by atoms with Crippen LogP contribution in [0.25, 0.3) is 22.4 Å². The molecule has 0 atom stereocenters. The standard InChI is InChI=1S/C20H16FN3O2S/c1-24-19(9-18(23-24)13-2-4-16(21)5-3-13)20(25)22-10-17-8-15(12-27-17)14-6-7-26-11-14/h2-9,11-12H,10H2,1H3,(H,22,25). The van der Waals surface area contributed by atoms with Gasteiger partial charge in [0.05, 0.1) is 24.8 Å². The van der Waals surface area contributed by atoms with E-state index in [4.69, 9.17) is 4.42 Å². The van der Waals surface area contributed by atoms with E-state index in [9.17, 15) is 9.18 Å². The number of nitrogens with one attached hydrogen (secondary N) is 1. The number of thiophene rings is 1. The summed E-state index contributed by atoms with van der Waals surface area (Å²) in [5.41, 5.74) is 3.91. The highest BCUT2D eigenvalue weighted by Gasteiger charge is 2.15. The first kappa shape index (κ1) is 17.2. The lowest BCUT2D eigenvalue weighted by molar-refractivity contribution is 0.0942.